The van der Waals surface area contributed by atoms with E-state index in [1.807, 2.05) is 39.0 Å². The van der Waals surface area contributed by atoms with Crippen molar-refractivity contribution in [2.45, 2.75) is 45.8 Å². The van der Waals surface area contributed by atoms with Crippen LogP contribution in [-0.2, 0) is 9.59 Å². The molecule has 2 aromatic rings. The van der Waals surface area contributed by atoms with Crippen LogP contribution in [0.4, 0.5) is 0 Å². The molecule has 1 unspecified atom stereocenters. The number of aliphatic hydroxyl groups excluding tert-OH is 1. The highest BCUT2D eigenvalue weighted by atomic mass is 35.5. The van der Waals surface area contributed by atoms with Gasteiger partial charge in [-0.3, -0.25) is 9.59 Å². The molecule has 1 aliphatic rings. The summed E-state index contributed by atoms with van der Waals surface area (Å²) in [5.41, 5.74) is 1.04. The molecule has 0 aromatic heterocycles. The van der Waals surface area contributed by atoms with E-state index in [4.69, 9.17) is 27.9 Å². The Morgan fingerprint density at radius 2 is 1.87 bits per heavy atom. The number of nitrogens with zero attached hydrogens (tertiary/aromatic N) is 1. The molecule has 164 valence electrons. The zero-order valence-corrected chi connectivity index (χ0v) is 19.2. The molecule has 0 spiro atoms. The zero-order valence-electron chi connectivity index (χ0n) is 17.7. The average Bonchev–Trinajstić information content (AvgIpc) is 2.98. The van der Waals surface area contributed by atoms with E-state index in [0.717, 1.165) is 12.8 Å². The van der Waals surface area contributed by atoms with Gasteiger partial charge in [0, 0.05) is 12.1 Å². The van der Waals surface area contributed by atoms with E-state index in [-0.39, 0.29) is 22.5 Å². The number of ketones is 1. The van der Waals surface area contributed by atoms with Crippen molar-refractivity contribution in [2.24, 2.45) is 0 Å². The number of amides is 1. The number of halogens is 2. The minimum Gasteiger partial charge on any atom is -0.507 e. The Hall–Kier alpha value is -2.50. The number of ether oxygens (including phenoxy) is 1. The van der Waals surface area contributed by atoms with Gasteiger partial charge >= 0.3 is 0 Å². The van der Waals surface area contributed by atoms with Gasteiger partial charge in [0.15, 0.2) is 0 Å². The molecule has 3 rings (SSSR count). The van der Waals surface area contributed by atoms with Crippen molar-refractivity contribution in [3.63, 3.8) is 0 Å². The summed E-state index contributed by atoms with van der Waals surface area (Å²) >= 11 is 12.1. The number of benzene rings is 2. The molecule has 1 aliphatic heterocycles. The van der Waals surface area contributed by atoms with E-state index in [1.165, 1.54) is 17.0 Å². The Balaban J connectivity index is 2.16. The van der Waals surface area contributed by atoms with E-state index < -0.39 is 17.7 Å². The number of rotatable bonds is 7. The Morgan fingerprint density at radius 3 is 2.52 bits per heavy atom. The van der Waals surface area contributed by atoms with Crippen LogP contribution in [0.25, 0.3) is 5.76 Å². The van der Waals surface area contributed by atoms with Crippen LogP contribution >= 0.6 is 23.2 Å². The second-order valence-corrected chi connectivity index (χ2v) is 8.53. The van der Waals surface area contributed by atoms with Crippen LogP contribution in [0.3, 0.4) is 0 Å². The van der Waals surface area contributed by atoms with Crippen molar-refractivity contribution in [3.05, 3.63) is 69.2 Å². The number of aliphatic hydroxyl groups is 1. The van der Waals surface area contributed by atoms with Gasteiger partial charge in [-0.25, -0.2) is 0 Å². The first-order chi connectivity index (χ1) is 14.7. The summed E-state index contributed by atoms with van der Waals surface area (Å²) < 4.78 is 5.79. The Bertz CT molecular complexity index is 1030. The topological polar surface area (TPSA) is 66.8 Å². The lowest BCUT2D eigenvalue weighted by molar-refractivity contribution is -0.139. The maximum absolute atomic E-state index is 13.0. The zero-order chi connectivity index (χ0) is 22.7. The fourth-order valence-corrected chi connectivity index (χ4v) is 3.91. The number of hydrogen-bond acceptors (Lipinski definition) is 4. The number of hydrogen-bond donors (Lipinski definition) is 1. The van der Waals surface area contributed by atoms with Crippen molar-refractivity contribution in [2.75, 3.05) is 6.54 Å². The van der Waals surface area contributed by atoms with Crippen LogP contribution < -0.4 is 4.74 Å². The van der Waals surface area contributed by atoms with E-state index in [9.17, 15) is 14.7 Å². The van der Waals surface area contributed by atoms with Crippen LogP contribution in [0.5, 0.6) is 5.75 Å². The molecule has 31 heavy (non-hydrogen) atoms. The Labute approximate surface area is 192 Å². The molecule has 0 saturated carbocycles. The predicted molar refractivity (Wildman–Crippen MR) is 123 cm³/mol. The minimum atomic E-state index is -0.725. The van der Waals surface area contributed by atoms with Gasteiger partial charge in [0.25, 0.3) is 11.7 Å². The second-order valence-electron chi connectivity index (χ2n) is 7.71. The molecule has 1 atom stereocenters. The SMILES string of the molecule is CCCCN1C(=O)C(=O)/C(=C(\O)c2ccc(Cl)c(Cl)c2)C1c1cccc(OC(C)C)c1. The van der Waals surface area contributed by atoms with Gasteiger partial charge in [-0.15, -0.1) is 0 Å². The summed E-state index contributed by atoms with van der Waals surface area (Å²) in [4.78, 5) is 27.4. The number of carbonyl (C=O) groups excluding carboxylic acids is 2. The molecule has 1 saturated heterocycles. The molecular formula is C24H25Cl2NO4. The third kappa shape index (κ3) is 4.89. The number of Topliss-reactive ketones (excluding diaryl/α,β-unsaturated/α-hetero) is 1. The van der Waals surface area contributed by atoms with Crippen molar-refractivity contribution in [1.29, 1.82) is 0 Å². The first kappa shape index (κ1) is 23.2. The fourth-order valence-electron chi connectivity index (χ4n) is 3.61. The van der Waals surface area contributed by atoms with Crippen LogP contribution in [0, 0.1) is 0 Å². The maximum Gasteiger partial charge on any atom is 0.295 e. The molecule has 1 amide bonds. The molecule has 7 heteroatoms. The number of likely N-dealkylation sites (tertiary alicyclic amines) is 1. The van der Waals surface area contributed by atoms with E-state index in [1.54, 1.807) is 12.1 Å². The quantitative estimate of drug-likeness (QED) is 0.311. The van der Waals surface area contributed by atoms with Crippen molar-refractivity contribution >= 4 is 40.7 Å². The summed E-state index contributed by atoms with van der Waals surface area (Å²) in [5, 5.41) is 11.6. The second kappa shape index (κ2) is 9.75. The van der Waals surface area contributed by atoms with Crippen LogP contribution in [0.15, 0.2) is 48.0 Å². The first-order valence-corrected chi connectivity index (χ1v) is 11.0. The number of unbranched alkanes of at least 4 members (excludes halogenated alkanes) is 1. The largest absolute Gasteiger partial charge is 0.507 e. The third-order valence-electron chi connectivity index (χ3n) is 5.03. The highest BCUT2D eigenvalue weighted by molar-refractivity contribution is 6.46. The average molecular weight is 462 g/mol. The Morgan fingerprint density at radius 1 is 1.13 bits per heavy atom. The third-order valence-corrected chi connectivity index (χ3v) is 5.77. The van der Waals surface area contributed by atoms with Crippen molar-refractivity contribution in [1.82, 2.24) is 4.90 Å². The van der Waals surface area contributed by atoms with Gasteiger partial charge in [0.1, 0.15) is 11.5 Å². The molecule has 1 N–H and O–H groups in total. The normalized spacial score (nSPS) is 18.1. The summed E-state index contributed by atoms with van der Waals surface area (Å²) in [6.07, 6.45) is 1.57. The molecule has 5 nitrogen and oxygen atoms in total. The lowest BCUT2D eigenvalue weighted by atomic mass is 9.95. The van der Waals surface area contributed by atoms with Crippen LogP contribution in [-0.4, -0.2) is 34.3 Å². The Kier molecular flexibility index (Phi) is 7.29. The lowest BCUT2D eigenvalue weighted by Crippen LogP contribution is -2.30. The van der Waals surface area contributed by atoms with Gasteiger partial charge in [0.05, 0.1) is 27.8 Å². The molecule has 2 aromatic carbocycles. The molecule has 1 fully saturated rings. The fraction of sp³-hybridized carbons (Fsp3) is 0.333. The molecule has 0 radical (unpaired) electrons. The highest BCUT2D eigenvalue weighted by Crippen LogP contribution is 2.41. The van der Waals surface area contributed by atoms with Crippen molar-refractivity contribution in [3.8, 4) is 5.75 Å². The van der Waals surface area contributed by atoms with Gasteiger partial charge in [0.2, 0.25) is 0 Å². The van der Waals surface area contributed by atoms with Crippen LogP contribution in [0.2, 0.25) is 10.0 Å². The summed E-state index contributed by atoms with van der Waals surface area (Å²) in [6, 6.07) is 11.1. The van der Waals surface area contributed by atoms with Gasteiger partial charge in [-0.1, -0.05) is 48.7 Å². The van der Waals surface area contributed by atoms with Gasteiger partial charge in [-0.2, -0.15) is 0 Å². The molecule has 0 bridgehead atoms. The minimum absolute atomic E-state index is 0.0289. The lowest BCUT2D eigenvalue weighted by Gasteiger charge is -2.25. The molecule has 1 heterocycles. The monoisotopic (exact) mass is 461 g/mol. The van der Waals surface area contributed by atoms with Crippen LogP contribution in [0.1, 0.15) is 50.8 Å². The number of carbonyl (C=O) groups is 2. The first-order valence-electron chi connectivity index (χ1n) is 10.2. The predicted octanol–water partition coefficient (Wildman–Crippen LogP) is 6.00. The molecule has 0 aliphatic carbocycles. The highest BCUT2D eigenvalue weighted by Gasteiger charge is 2.45. The smallest absolute Gasteiger partial charge is 0.295 e. The van der Waals surface area contributed by atoms with E-state index in [2.05, 4.69) is 0 Å². The van der Waals surface area contributed by atoms with Gasteiger partial charge < -0.3 is 14.7 Å². The summed E-state index contributed by atoms with van der Waals surface area (Å²) in [6.45, 7) is 6.26. The maximum atomic E-state index is 13.0. The molecular weight excluding hydrogens is 437 g/mol. The summed E-state index contributed by atoms with van der Waals surface area (Å²) in [7, 11) is 0. The van der Waals surface area contributed by atoms with E-state index in [0.29, 0.717) is 28.4 Å². The standard InChI is InChI=1S/C24H25Cl2NO4/c1-4-5-11-27-21(15-7-6-8-17(12-15)31-14(2)3)20(23(29)24(27)30)22(28)16-9-10-18(25)19(26)13-16/h6-10,12-14,21,28H,4-5,11H2,1-3H3/b22-20-. The van der Waals surface area contributed by atoms with E-state index >= 15 is 0 Å². The van der Waals surface area contributed by atoms with Crippen molar-refractivity contribution < 1.29 is 19.4 Å². The van der Waals surface area contributed by atoms with Gasteiger partial charge in [-0.05, 0) is 56.2 Å². The summed E-state index contributed by atoms with van der Waals surface area (Å²) in [5.74, 6) is -1.01.